The van der Waals surface area contributed by atoms with Crippen LogP contribution < -0.4 is 4.74 Å². The van der Waals surface area contributed by atoms with E-state index in [0.29, 0.717) is 37.7 Å². The monoisotopic (exact) mass is 484 g/mol. The standard InChI is InChI=1S/C24H28N4O5S/c1-3-32-20-13-11-18(12-14-20)23-25-22(33-26-23)17-27(2)24(29)19-8-7-15-28(16-19)34(30,31)21-9-5-4-6-10-21/h4-6,9-14,19H,3,7-8,15-17H2,1-2H3/t19-/m1/s1. The minimum atomic E-state index is -3.63. The van der Waals surface area contributed by atoms with Crippen LogP contribution >= 0.6 is 0 Å². The van der Waals surface area contributed by atoms with Gasteiger partial charge in [-0.2, -0.15) is 9.29 Å². The lowest BCUT2D eigenvalue weighted by Gasteiger charge is -2.33. The Morgan fingerprint density at radius 1 is 1.18 bits per heavy atom. The zero-order valence-corrected chi connectivity index (χ0v) is 20.1. The maximum Gasteiger partial charge on any atom is 0.246 e. The largest absolute Gasteiger partial charge is 0.494 e. The van der Waals surface area contributed by atoms with Crippen molar-refractivity contribution in [3.63, 3.8) is 0 Å². The number of carbonyl (C=O) groups excluding carboxylic acids is 1. The van der Waals surface area contributed by atoms with Crippen molar-refractivity contribution in [3.05, 3.63) is 60.5 Å². The van der Waals surface area contributed by atoms with Gasteiger partial charge in [0.15, 0.2) is 0 Å². The van der Waals surface area contributed by atoms with Crippen molar-refractivity contribution in [2.24, 2.45) is 5.92 Å². The first kappa shape index (κ1) is 23.9. The minimum Gasteiger partial charge on any atom is -0.494 e. The molecule has 0 bridgehead atoms. The molecule has 1 fully saturated rings. The van der Waals surface area contributed by atoms with E-state index in [0.717, 1.165) is 11.3 Å². The SMILES string of the molecule is CCOc1ccc(-c2noc(CN(C)C(=O)[C@@H]3CCCN(S(=O)(=O)c4ccccc4)C3)n2)cc1. The second-order valence-corrected chi connectivity index (χ2v) is 10.1. The molecule has 2 aromatic carbocycles. The van der Waals surface area contributed by atoms with Gasteiger partial charge in [0.1, 0.15) is 5.75 Å². The van der Waals surface area contributed by atoms with Crippen molar-refractivity contribution in [1.82, 2.24) is 19.3 Å². The van der Waals surface area contributed by atoms with E-state index in [1.54, 1.807) is 37.4 Å². The number of aromatic nitrogens is 2. The summed E-state index contributed by atoms with van der Waals surface area (Å²) in [5.41, 5.74) is 0.779. The lowest BCUT2D eigenvalue weighted by Crippen LogP contribution is -2.45. The molecule has 0 radical (unpaired) electrons. The van der Waals surface area contributed by atoms with Crippen molar-refractivity contribution >= 4 is 15.9 Å². The summed E-state index contributed by atoms with van der Waals surface area (Å²) < 4.78 is 38.1. The van der Waals surface area contributed by atoms with Crippen LogP contribution in [0, 0.1) is 5.92 Å². The summed E-state index contributed by atoms with van der Waals surface area (Å²) in [6, 6.07) is 15.7. The summed E-state index contributed by atoms with van der Waals surface area (Å²) in [5.74, 6) is 0.927. The van der Waals surface area contributed by atoms with Crippen LogP contribution in [0.3, 0.4) is 0 Å². The highest BCUT2D eigenvalue weighted by atomic mass is 32.2. The zero-order chi connectivity index (χ0) is 24.1. The Morgan fingerprint density at radius 3 is 2.62 bits per heavy atom. The van der Waals surface area contributed by atoms with Gasteiger partial charge in [0.2, 0.25) is 27.6 Å². The van der Waals surface area contributed by atoms with E-state index >= 15 is 0 Å². The van der Waals surface area contributed by atoms with Crippen molar-refractivity contribution in [2.75, 3.05) is 26.7 Å². The quantitative estimate of drug-likeness (QED) is 0.483. The van der Waals surface area contributed by atoms with Crippen molar-refractivity contribution in [3.8, 4) is 17.1 Å². The van der Waals surface area contributed by atoms with Gasteiger partial charge in [-0.1, -0.05) is 23.4 Å². The Balaban J connectivity index is 1.39. The fourth-order valence-corrected chi connectivity index (χ4v) is 5.54. The lowest BCUT2D eigenvalue weighted by molar-refractivity contribution is -0.136. The van der Waals surface area contributed by atoms with Crippen LogP contribution in [-0.4, -0.2) is 60.4 Å². The molecule has 1 amide bonds. The number of ether oxygens (including phenoxy) is 1. The summed E-state index contributed by atoms with van der Waals surface area (Å²) in [6.07, 6.45) is 1.25. The van der Waals surface area contributed by atoms with Crippen molar-refractivity contribution in [1.29, 1.82) is 0 Å². The zero-order valence-electron chi connectivity index (χ0n) is 19.3. The van der Waals surface area contributed by atoms with E-state index in [2.05, 4.69) is 10.1 Å². The van der Waals surface area contributed by atoms with Crippen LogP contribution in [0.1, 0.15) is 25.7 Å². The Hall–Kier alpha value is -3.24. The summed E-state index contributed by atoms with van der Waals surface area (Å²) in [6.45, 7) is 3.21. The predicted molar refractivity (Wildman–Crippen MR) is 125 cm³/mol. The van der Waals surface area contributed by atoms with Crippen molar-refractivity contribution < 1.29 is 22.5 Å². The molecule has 1 saturated heterocycles. The van der Waals surface area contributed by atoms with E-state index in [1.165, 1.54) is 9.21 Å². The van der Waals surface area contributed by atoms with Gasteiger partial charge in [-0.05, 0) is 56.2 Å². The fraction of sp³-hybridized carbons (Fsp3) is 0.375. The molecule has 180 valence electrons. The van der Waals surface area contributed by atoms with E-state index in [4.69, 9.17) is 9.26 Å². The van der Waals surface area contributed by atoms with Gasteiger partial charge in [-0.3, -0.25) is 4.79 Å². The lowest BCUT2D eigenvalue weighted by atomic mass is 9.98. The Kier molecular flexibility index (Phi) is 7.28. The molecule has 10 heteroatoms. The molecule has 2 heterocycles. The van der Waals surface area contributed by atoms with E-state index in [9.17, 15) is 13.2 Å². The molecule has 0 unspecified atom stereocenters. The van der Waals surface area contributed by atoms with Gasteiger partial charge in [0.25, 0.3) is 0 Å². The first-order valence-electron chi connectivity index (χ1n) is 11.2. The highest BCUT2D eigenvalue weighted by molar-refractivity contribution is 7.89. The average molecular weight is 485 g/mol. The third kappa shape index (κ3) is 5.28. The second-order valence-electron chi connectivity index (χ2n) is 8.18. The molecule has 0 N–H and O–H groups in total. The number of carbonyl (C=O) groups is 1. The van der Waals surface area contributed by atoms with Crippen molar-refractivity contribution in [2.45, 2.75) is 31.2 Å². The van der Waals surface area contributed by atoms with E-state index < -0.39 is 15.9 Å². The summed E-state index contributed by atoms with van der Waals surface area (Å²) in [5, 5.41) is 4.01. The molecule has 0 saturated carbocycles. The molecule has 34 heavy (non-hydrogen) atoms. The molecule has 0 aliphatic carbocycles. The number of amides is 1. The van der Waals surface area contributed by atoms with Gasteiger partial charge >= 0.3 is 0 Å². The molecule has 9 nitrogen and oxygen atoms in total. The average Bonchev–Trinajstić information content (AvgIpc) is 3.33. The van der Waals surface area contributed by atoms with Gasteiger partial charge in [0.05, 0.1) is 24.0 Å². The Morgan fingerprint density at radius 2 is 1.91 bits per heavy atom. The highest BCUT2D eigenvalue weighted by Gasteiger charge is 2.34. The Labute approximate surface area is 199 Å². The number of hydrogen-bond donors (Lipinski definition) is 0. The first-order chi connectivity index (χ1) is 16.4. The summed E-state index contributed by atoms with van der Waals surface area (Å²) in [7, 11) is -1.97. The van der Waals surface area contributed by atoms with Gasteiger partial charge < -0.3 is 14.2 Å². The molecule has 1 aromatic heterocycles. The number of nitrogens with zero attached hydrogens (tertiary/aromatic N) is 4. The van der Waals surface area contributed by atoms with Crippen LogP contribution in [0.15, 0.2) is 64.0 Å². The maximum absolute atomic E-state index is 13.1. The van der Waals surface area contributed by atoms with Gasteiger partial charge in [-0.15, -0.1) is 0 Å². The third-order valence-corrected chi connectivity index (χ3v) is 7.63. The molecule has 3 aromatic rings. The highest BCUT2D eigenvalue weighted by Crippen LogP contribution is 2.25. The number of hydrogen-bond acceptors (Lipinski definition) is 7. The van der Waals surface area contributed by atoms with Gasteiger partial charge in [-0.25, -0.2) is 8.42 Å². The molecular formula is C24H28N4O5S. The van der Waals surface area contributed by atoms with E-state index in [1.807, 2.05) is 31.2 Å². The second kappa shape index (κ2) is 10.4. The maximum atomic E-state index is 13.1. The topological polar surface area (TPSA) is 106 Å². The summed E-state index contributed by atoms with van der Waals surface area (Å²) in [4.78, 5) is 19.2. The Bertz CT molecular complexity index is 1210. The minimum absolute atomic E-state index is 0.144. The van der Waals surface area contributed by atoms with Crippen LogP contribution in [-0.2, 0) is 21.4 Å². The third-order valence-electron chi connectivity index (χ3n) is 5.75. The summed E-state index contributed by atoms with van der Waals surface area (Å²) >= 11 is 0. The molecule has 1 aliphatic rings. The van der Waals surface area contributed by atoms with Crippen LogP contribution in [0.4, 0.5) is 0 Å². The molecular weight excluding hydrogens is 456 g/mol. The fourth-order valence-electron chi connectivity index (χ4n) is 4.00. The first-order valence-corrected chi connectivity index (χ1v) is 12.7. The van der Waals surface area contributed by atoms with Crippen LogP contribution in [0.5, 0.6) is 5.75 Å². The molecule has 1 atom stereocenters. The van der Waals surface area contributed by atoms with Crippen LogP contribution in [0.25, 0.3) is 11.4 Å². The van der Waals surface area contributed by atoms with E-state index in [-0.39, 0.29) is 23.9 Å². The molecule has 0 spiro atoms. The number of sulfonamides is 1. The molecule has 1 aliphatic heterocycles. The predicted octanol–water partition coefficient (Wildman–Crippen LogP) is 3.19. The molecule has 4 rings (SSSR count). The number of piperidine rings is 1. The van der Waals surface area contributed by atoms with Crippen LogP contribution in [0.2, 0.25) is 0 Å². The van der Waals surface area contributed by atoms with Gasteiger partial charge in [0, 0.05) is 25.7 Å². The number of benzene rings is 2. The normalized spacial score (nSPS) is 16.8. The number of rotatable bonds is 8. The smallest absolute Gasteiger partial charge is 0.246 e.